The minimum atomic E-state index is -1.55. The third kappa shape index (κ3) is 2.76. The predicted octanol–water partition coefficient (Wildman–Crippen LogP) is -2.33. The number of methoxy groups -OCH3 is 1. The normalized spacial score (nSPS) is 28.6. The number of hydrogen-bond acceptors (Lipinski definition) is 9. The van der Waals surface area contributed by atoms with E-state index in [9.17, 15) is 24.6 Å². The molecule has 1 saturated heterocycles. The van der Waals surface area contributed by atoms with E-state index in [1.807, 2.05) is 0 Å². The second-order valence-electron chi connectivity index (χ2n) is 4.31. The smallest absolute Gasteiger partial charge is 0.348 e. The summed E-state index contributed by atoms with van der Waals surface area (Å²) in [6.45, 7) is -0.582. The van der Waals surface area contributed by atoms with Gasteiger partial charge in [0.05, 0.1) is 13.7 Å². The summed E-state index contributed by atoms with van der Waals surface area (Å²) in [6.07, 6.45) is -5.53. The first-order chi connectivity index (χ1) is 9.90. The maximum Gasteiger partial charge on any atom is 0.348 e. The van der Waals surface area contributed by atoms with Crippen LogP contribution >= 0.6 is 11.3 Å². The van der Waals surface area contributed by atoms with Crippen molar-refractivity contribution in [1.82, 2.24) is 4.57 Å². The van der Waals surface area contributed by atoms with Gasteiger partial charge < -0.3 is 24.8 Å². The Kier molecular flexibility index (Phi) is 4.54. The minimum Gasteiger partial charge on any atom is -0.465 e. The number of aliphatic hydroxyl groups excluding tert-OH is 3. The van der Waals surface area contributed by atoms with Gasteiger partial charge in [0.2, 0.25) is 0 Å². The van der Waals surface area contributed by atoms with Crippen LogP contribution < -0.4 is 10.4 Å². The van der Waals surface area contributed by atoms with E-state index in [4.69, 9.17) is 9.84 Å². The Morgan fingerprint density at radius 1 is 1.43 bits per heavy atom. The van der Waals surface area contributed by atoms with Crippen LogP contribution in [0.25, 0.3) is 0 Å². The van der Waals surface area contributed by atoms with Gasteiger partial charge in [0.25, 0.3) is 5.56 Å². The first-order valence-corrected chi connectivity index (χ1v) is 6.69. The van der Waals surface area contributed by atoms with Crippen molar-refractivity contribution in [2.75, 3.05) is 13.7 Å². The molecule has 0 aliphatic carbocycles. The molecule has 116 valence electrons. The Labute approximate surface area is 121 Å². The predicted molar refractivity (Wildman–Crippen MR) is 69.2 cm³/mol. The van der Waals surface area contributed by atoms with Crippen LogP contribution in [0.2, 0.25) is 0 Å². The van der Waals surface area contributed by atoms with E-state index in [-0.39, 0.29) is 4.88 Å². The molecule has 0 radical (unpaired) electrons. The monoisotopic (exact) mass is 319 g/mol. The Bertz CT molecular complexity index is 621. The number of carbonyl (C=O) groups excluding carboxylic acids is 1. The van der Waals surface area contributed by atoms with Crippen LogP contribution in [-0.2, 0) is 9.47 Å². The summed E-state index contributed by atoms with van der Waals surface area (Å²) in [4.78, 5) is 34.2. The van der Waals surface area contributed by atoms with Gasteiger partial charge in [-0.2, -0.15) is 0 Å². The number of esters is 1. The quantitative estimate of drug-likeness (QED) is 0.528. The third-order valence-electron chi connectivity index (χ3n) is 3.04. The molecule has 3 N–H and O–H groups in total. The van der Waals surface area contributed by atoms with Crippen molar-refractivity contribution in [1.29, 1.82) is 0 Å². The molecule has 0 aromatic carbocycles. The highest BCUT2D eigenvalue weighted by atomic mass is 32.1. The molecule has 9 nitrogen and oxygen atoms in total. The number of aromatic nitrogens is 1. The molecule has 1 aromatic heterocycles. The summed E-state index contributed by atoms with van der Waals surface area (Å²) in [7, 11) is 1.11. The molecule has 2 heterocycles. The molecule has 0 saturated carbocycles. The molecule has 2 rings (SSSR count). The van der Waals surface area contributed by atoms with Gasteiger partial charge in [0, 0.05) is 6.07 Å². The molecule has 1 aliphatic rings. The van der Waals surface area contributed by atoms with E-state index < -0.39 is 47.5 Å². The Hall–Kier alpha value is -1.59. The summed E-state index contributed by atoms with van der Waals surface area (Å²) in [5.74, 6) is -0.831. The van der Waals surface area contributed by atoms with E-state index in [0.717, 1.165) is 13.2 Å². The van der Waals surface area contributed by atoms with Crippen molar-refractivity contribution < 1.29 is 29.6 Å². The van der Waals surface area contributed by atoms with E-state index >= 15 is 0 Å². The first kappa shape index (κ1) is 15.8. The molecule has 1 aromatic rings. The van der Waals surface area contributed by atoms with Crippen molar-refractivity contribution in [3.63, 3.8) is 0 Å². The molecule has 0 unspecified atom stereocenters. The number of rotatable bonds is 3. The molecule has 0 amide bonds. The second kappa shape index (κ2) is 6.03. The van der Waals surface area contributed by atoms with E-state index in [2.05, 4.69) is 4.74 Å². The van der Waals surface area contributed by atoms with Crippen LogP contribution in [0.3, 0.4) is 0 Å². The lowest BCUT2D eigenvalue weighted by Gasteiger charge is -2.16. The summed E-state index contributed by atoms with van der Waals surface area (Å²) in [6, 6.07) is 0.882. The lowest BCUT2D eigenvalue weighted by Crippen LogP contribution is -2.40. The maximum absolute atomic E-state index is 12.0. The lowest BCUT2D eigenvalue weighted by atomic mass is 10.1. The second-order valence-corrected chi connectivity index (χ2v) is 5.30. The minimum absolute atomic E-state index is 0.185. The van der Waals surface area contributed by atoms with Gasteiger partial charge in [-0.25, -0.2) is 9.36 Å². The largest absolute Gasteiger partial charge is 0.465 e. The van der Waals surface area contributed by atoms with Crippen LogP contribution in [0.15, 0.2) is 15.7 Å². The molecule has 21 heavy (non-hydrogen) atoms. The van der Waals surface area contributed by atoms with Gasteiger partial charge in [-0.05, 0) is 0 Å². The number of hydrogen-bond donors (Lipinski definition) is 3. The van der Waals surface area contributed by atoms with Crippen LogP contribution in [-0.4, -0.2) is 57.9 Å². The average molecular weight is 319 g/mol. The van der Waals surface area contributed by atoms with Crippen molar-refractivity contribution >= 4 is 17.3 Å². The van der Waals surface area contributed by atoms with Gasteiger partial charge in [0.15, 0.2) is 6.23 Å². The van der Waals surface area contributed by atoms with Crippen LogP contribution in [0, 0.1) is 0 Å². The standard InChI is InChI=1S/C11H13NO8S/c1-19-10(17)5-2-6(14)12(11(18)21-5)9-8(16)7(15)4(3-13)20-9/h2,4,7-9,13,15-16H,3H2,1H3/t4-,7-,8-,9-/m1/s1. The van der Waals surface area contributed by atoms with Gasteiger partial charge in [0.1, 0.15) is 23.2 Å². The van der Waals surface area contributed by atoms with Crippen LogP contribution in [0.4, 0.5) is 0 Å². The molecule has 1 fully saturated rings. The zero-order chi connectivity index (χ0) is 15.7. The van der Waals surface area contributed by atoms with Crippen molar-refractivity contribution in [3.8, 4) is 0 Å². The molecule has 10 heteroatoms. The van der Waals surface area contributed by atoms with Gasteiger partial charge >= 0.3 is 10.8 Å². The van der Waals surface area contributed by atoms with Gasteiger partial charge in [-0.1, -0.05) is 11.3 Å². The summed E-state index contributed by atoms with van der Waals surface area (Å²) in [5, 5.41) is 28.4. The van der Waals surface area contributed by atoms with Crippen molar-refractivity contribution in [2.45, 2.75) is 24.5 Å². The van der Waals surface area contributed by atoms with E-state index in [0.29, 0.717) is 15.9 Å². The van der Waals surface area contributed by atoms with Crippen LogP contribution in [0.5, 0.6) is 0 Å². The Morgan fingerprint density at radius 3 is 2.57 bits per heavy atom. The highest BCUT2D eigenvalue weighted by molar-refractivity contribution is 7.11. The third-order valence-corrected chi connectivity index (χ3v) is 3.92. The Balaban J connectivity index is 2.45. The topological polar surface area (TPSA) is 135 Å². The van der Waals surface area contributed by atoms with Crippen LogP contribution in [0.1, 0.15) is 15.9 Å². The number of ether oxygens (including phenoxy) is 2. The Morgan fingerprint density at radius 2 is 2.10 bits per heavy atom. The van der Waals surface area contributed by atoms with E-state index in [1.165, 1.54) is 0 Å². The average Bonchev–Trinajstić information content (AvgIpc) is 2.73. The zero-order valence-corrected chi connectivity index (χ0v) is 11.6. The van der Waals surface area contributed by atoms with E-state index in [1.54, 1.807) is 0 Å². The molecular formula is C11H13NO8S. The van der Waals surface area contributed by atoms with Gasteiger partial charge in [-0.3, -0.25) is 9.59 Å². The molecule has 0 bridgehead atoms. The summed E-state index contributed by atoms with van der Waals surface area (Å²) >= 11 is 0.447. The molecule has 1 aliphatic heterocycles. The number of carbonyl (C=O) groups is 1. The lowest BCUT2D eigenvalue weighted by molar-refractivity contribution is -0.0553. The fourth-order valence-corrected chi connectivity index (χ4v) is 2.77. The molecular weight excluding hydrogens is 306 g/mol. The first-order valence-electron chi connectivity index (χ1n) is 5.88. The highest BCUT2D eigenvalue weighted by Gasteiger charge is 2.44. The highest BCUT2D eigenvalue weighted by Crippen LogP contribution is 2.27. The number of nitrogens with zero attached hydrogens (tertiary/aromatic N) is 1. The molecule has 4 atom stereocenters. The fourth-order valence-electron chi connectivity index (χ4n) is 1.97. The fraction of sp³-hybridized carbons (Fsp3) is 0.545. The van der Waals surface area contributed by atoms with Gasteiger partial charge in [-0.15, -0.1) is 0 Å². The van der Waals surface area contributed by atoms with Crippen molar-refractivity contribution in [3.05, 3.63) is 31.0 Å². The summed E-state index contributed by atoms with van der Waals surface area (Å²) in [5.41, 5.74) is -0.881. The molecule has 0 spiro atoms. The number of aliphatic hydroxyl groups is 3. The van der Waals surface area contributed by atoms with Crippen molar-refractivity contribution in [2.24, 2.45) is 0 Å². The SMILES string of the molecule is COC(=O)c1cc(=O)n([C@@H]2O[C@H](CO)[C@@H](O)[C@H]2O)c(=O)s1. The zero-order valence-electron chi connectivity index (χ0n) is 10.8. The summed E-state index contributed by atoms with van der Waals surface area (Å²) < 4.78 is 10.1. The maximum atomic E-state index is 12.0.